The van der Waals surface area contributed by atoms with Crippen molar-refractivity contribution in [1.29, 1.82) is 0 Å². The second-order valence-corrected chi connectivity index (χ2v) is 5.44. The van der Waals surface area contributed by atoms with Gasteiger partial charge in [0.05, 0.1) is 10.5 Å². The fraction of sp³-hybridized carbons (Fsp3) is 0.533. The SMILES string of the molecule is CCC1(Oc2cc(C(=O)O)ccc2[N+](=O)[O-])CCCCC1. The zero-order valence-corrected chi connectivity index (χ0v) is 12.0. The predicted octanol–water partition coefficient (Wildman–Crippen LogP) is 3.78. The lowest BCUT2D eigenvalue weighted by Gasteiger charge is -2.36. The van der Waals surface area contributed by atoms with E-state index >= 15 is 0 Å². The van der Waals surface area contributed by atoms with Gasteiger partial charge in [0.2, 0.25) is 0 Å². The first-order valence-corrected chi connectivity index (χ1v) is 7.18. The Bertz CT molecular complexity index is 549. The number of rotatable bonds is 5. The number of carboxylic acids is 1. The predicted molar refractivity (Wildman–Crippen MR) is 76.8 cm³/mol. The molecular weight excluding hydrogens is 274 g/mol. The highest BCUT2D eigenvalue weighted by Gasteiger charge is 2.34. The summed E-state index contributed by atoms with van der Waals surface area (Å²) in [7, 11) is 0. The molecule has 0 saturated heterocycles. The van der Waals surface area contributed by atoms with Gasteiger partial charge >= 0.3 is 11.7 Å². The first-order valence-electron chi connectivity index (χ1n) is 7.18. The molecule has 1 aromatic rings. The highest BCUT2D eigenvalue weighted by Crippen LogP contribution is 2.39. The van der Waals surface area contributed by atoms with Crippen LogP contribution in [-0.4, -0.2) is 21.6 Å². The number of hydrogen-bond donors (Lipinski definition) is 1. The molecule has 0 unspecified atom stereocenters. The van der Waals surface area contributed by atoms with Gasteiger partial charge in [0.15, 0.2) is 5.75 Å². The summed E-state index contributed by atoms with van der Waals surface area (Å²) in [6.07, 6.45) is 5.64. The molecule has 1 saturated carbocycles. The van der Waals surface area contributed by atoms with Crippen LogP contribution in [0.25, 0.3) is 0 Å². The molecule has 0 aliphatic heterocycles. The maximum absolute atomic E-state index is 11.1. The summed E-state index contributed by atoms with van der Waals surface area (Å²) < 4.78 is 5.97. The third-order valence-corrected chi connectivity index (χ3v) is 4.14. The maximum atomic E-state index is 11.1. The van der Waals surface area contributed by atoms with Crippen molar-refractivity contribution in [3.8, 4) is 5.75 Å². The topological polar surface area (TPSA) is 89.7 Å². The molecule has 0 heterocycles. The Kier molecular flexibility index (Phi) is 4.45. The van der Waals surface area contributed by atoms with Crippen LogP contribution in [0.4, 0.5) is 5.69 Å². The molecule has 6 heteroatoms. The second-order valence-electron chi connectivity index (χ2n) is 5.44. The van der Waals surface area contributed by atoms with Gasteiger partial charge in [-0.15, -0.1) is 0 Å². The Morgan fingerprint density at radius 1 is 1.38 bits per heavy atom. The van der Waals surface area contributed by atoms with Gasteiger partial charge in [-0.05, 0) is 38.2 Å². The standard InChI is InChI=1S/C15H19NO5/c1-2-15(8-4-3-5-9-15)21-13-10-11(14(17)18)6-7-12(13)16(19)20/h6-7,10H,2-5,8-9H2,1H3,(H,17,18). The highest BCUT2D eigenvalue weighted by atomic mass is 16.6. The van der Waals surface area contributed by atoms with Crippen LogP contribution in [-0.2, 0) is 0 Å². The summed E-state index contributed by atoms with van der Waals surface area (Å²) in [6, 6.07) is 3.68. The van der Waals surface area contributed by atoms with Crippen molar-refractivity contribution >= 4 is 11.7 Å². The third-order valence-electron chi connectivity index (χ3n) is 4.14. The molecule has 21 heavy (non-hydrogen) atoms. The number of aromatic carboxylic acids is 1. The van der Waals surface area contributed by atoms with Gasteiger partial charge in [-0.25, -0.2) is 4.79 Å². The number of nitrogens with zero attached hydrogens (tertiary/aromatic N) is 1. The molecule has 1 aliphatic rings. The summed E-state index contributed by atoms with van der Waals surface area (Å²) in [5.41, 5.74) is -0.601. The van der Waals surface area contributed by atoms with Crippen molar-refractivity contribution in [3.63, 3.8) is 0 Å². The molecule has 0 atom stereocenters. The molecule has 1 fully saturated rings. The zero-order valence-electron chi connectivity index (χ0n) is 12.0. The van der Waals surface area contributed by atoms with Gasteiger partial charge in [-0.2, -0.15) is 0 Å². The van der Waals surface area contributed by atoms with Crippen LogP contribution in [0, 0.1) is 10.1 Å². The normalized spacial score (nSPS) is 17.2. The van der Waals surface area contributed by atoms with E-state index in [1.54, 1.807) is 0 Å². The fourth-order valence-electron chi connectivity index (χ4n) is 2.84. The molecule has 1 N–H and O–H groups in total. The largest absolute Gasteiger partial charge is 0.480 e. The Labute approximate surface area is 122 Å². The van der Waals surface area contributed by atoms with Crippen molar-refractivity contribution < 1.29 is 19.6 Å². The Hall–Kier alpha value is -2.11. The molecule has 6 nitrogen and oxygen atoms in total. The van der Waals surface area contributed by atoms with Gasteiger partial charge < -0.3 is 9.84 Å². The number of carbonyl (C=O) groups is 1. The van der Waals surface area contributed by atoms with Crippen LogP contribution in [0.2, 0.25) is 0 Å². The summed E-state index contributed by atoms with van der Waals surface area (Å²) >= 11 is 0. The van der Waals surface area contributed by atoms with E-state index in [0.29, 0.717) is 0 Å². The van der Waals surface area contributed by atoms with E-state index < -0.39 is 16.5 Å². The van der Waals surface area contributed by atoms with E-state index in [2.05, 4.69) is 0 Å². The molecule has 0 amide bonds. The number of hydrogen-bond acceptors (Lipinski definition) is 4. The minimum absolute atomic E-state index is 0.00216. The molecule has 114 valence electrons. The zero-order chi connectivity index (χ0) is 15.5. The Morgan fingerprint density at radius 2 is 2.05 bits per heavy atom. The van der Waals surface area contributed by atoms with Crippen molar-refractivity contribution in [3.05, 3.63) is 33.9 Å². The maximum Gasteiger partial charge on any atom is 0.335 e. The Morgan fingerprint density at radius 3 is 2.57 bits per heavy atom. The highest BCUT2D eigenvalue weighted by molar-refractivity contribution is 5.88. The monoisotopic (exact) mass is 293 g/mol. The minimum Gasteiger partial charge on any atom is -0.480 e. The van der Waals surface area contributed by atoms with Crippen LogP contribution in [0.15, 0.2) is 18.2 Å². The molecule has 0 radical (unpaired) electrons. The van der Waals surface area contributed by atoms with Crippen LogP contribution in [0.5, 0.6) is 5.75 Å². The summed E-state index contributed by atoms with van der Waals surface area (Å²) in [5, 5.41) is 20.2. The van der Waals surface area contributed by atoms with Crippen molar-refractivity contribution in [2.24, 2.45) is 0 Å². The quantitative estimate of drug-likeness (QED) is 0.659. The van der Waals surface area contributed by atoms with Gasteiger partial charge in [-0.1, -0.05) is 13.3 Å². The van der Waals surface area contributed by atoms with Gasteiger partial charge in [0, 0.05) is 12.1 Å². The van der Waals surface area contributed by atoms with E-state index in [1.165, 1.54) is 18.2 Å². The molecular formula is C15H19NO5. The fourth-order valence-corrected chi connectivity index (χ4v) is 2.84. The molecule has 1 aliphatic carbocycles. The van der Waals surface area contributed by atoms with Gasteiger partial charge in [-0.3, -0.25) is 10.1 Å². The lowest BCUT2D eigenvalue weighted by molar-refractivity contribution is -0.386. The molecule has 1 aromatic carbocycles. The molecule has 0 aromatic heterocycles. The van der Waals surface area contributed by atoms with E-state index in [1.807, 2.05) is 6.92 Å². The molecule has 0 bridgehead atoms. The summed E-state index contributed by atoms with van der Waals surface area (Å²) in [5.74, 6) is -1.06. The smallest absolute Gasteiger partial charge is 0.335 e. The Balaban J connectivity index is 2.37. The molecule has 2 rings (SSSR count). The summed E-state index contributed by atoms with van der Waals surface area (Å²) in [6.45, 7) is 2.00. The molecule has 0 spiro atoms. The van der Waals surface area contributed by atoms with Crippen molar-refractivity contribution in [2.75, 3.05) is 0 Å². The number of nitro groups is 1. The minimum atomic E-state index is -1.12. The first-order chi connectivity index (χ1) is 9.97. The lowest BCUT2D eigenvalue weighted by atomic mass is 9.82. The van der Waals surface area contributed by atoms with Crippen LogP contribution >= 0.6 is 0 Å². The average molecular weight is 293 g/mol. The van der Waals surface area contributed by atoms with Gasteiger partial charge in [0.1, 0.15) is 5.60 Å². The van der Waals surface area contributed by atoms with Gasteiger partial charge in [0.25, 0.3) is 0 Å². The third kappa shape index (κ3) is 3.32. The second kappa shape index (κ2) is 6.11. The van der Waals surface area contributed by atoms with E-state index in [0.717, 1.165) is 38.5 Å². The van der Waals surface area contributed by atoms with Crippen LogP contribution in [0.3, 0.4) is 0 Å². The van der Waals surface area contributed by atoms with E-state index in [4.69, 9.17) is 9.84 Å². The summed E-state index contributed by atoms with van der Waals surface area (Å²) in [4.78, 5) is 21.6. The average Bonchev–Trinajstić information content (AvgIpc) is 2.47. The number of ether oxygens (including phenoxy) is 1. The van der Waals surface area contributed by atoms with Crippen molar-refractivity contribution in [2.45, 2.75) is 51.0 Å². The first kappa shape index (κ1) is 15.3. The van der Waals surface area contributed by atoms with E-state index in [9.17, 15) is 14.9 Å². The number of carboxylic acid groups (broad SMARTS) is 1. The van der Waals surface area contributed by atoms with Crippen LogP contribution < -0.4 is 4.74 Å². The number of benzene rings is 1. The van der Waals surface area contributed by atoms with E-state index in [-0.39, 0.29) is 17.0 Å². The van der Waals surface area contributed by atoms with Crippen LogP contribution in [0.1, 0.15) is 55.8 Å². The van der Waals surface area contributed by atoms with Crippen molar-refractivity contribution in [1.82, 2.24) is 0 Å². The number of nitro benzene ring substituents is 1. The lowest BCUT2D eigenvalue weighted by Crippen LogP contribution is -2.37.